The second-order valence-corrected chi connectivity index (χ2v) is 5.18. The lowest BCUT2D eigenvalue weighted by atomic mass is 10.2. The number of oxime groups is 1. The number of aromatic hydroxyl groups is 1. The van der Waals surface area contributed by atoms with Crippen LogP contribution in [-0.2, 0) is 0 Å². The first-order valence-electron chi connectivity index (χ1n) is 5.10. The smallest absolute Gasteiger partial charge is 0.157 e. The maximum atomic E-state index is 9.56. The number of para-hydroxylation sites is 1. The number of rotatable bonds is 3. The van der Waals surface area contributed by atoms with E-state index in [1.165, 1.54) is 0 Å². The van der Waals surface area contributed by atoms with Gasteiger partial charge >= 0.3 is 0 Å². The third-order valence-electron chi connectivity index (χ3n) is 2.14. The summed E-state index contributed by atoms with van der Waals surface area (Å²) < 4.78 is 1.19. The Morgan fingerprint density at radius 3 is 2.28 bits per heavy atom. The Balaban J connectivity index is 2.10. The predicted octanol–water partition coefficient (Wildman–Crippen LogP) is 4.33. The number of benzene rings is 2. The minimum atomic E-state index is 0.163. The summed E-state index contributed by atoms with van der Waals surface area (Å²) >= 11 is 6.50. The summed E-state index contributed by atoms with van der Waals surface area (Å²) in [4.78, 5) is 5.20. The molecule has 0 aromatic heterocycles. The summed E-state index contributed by atoms with van der Waals surface area (Å²) in [6.45, 7) is 0. The van der Waals surface area contributed by atoms with Gasteiger partial charge in [0.25, 0.3) is 0 Å². The number of hydrogen-bond acceptors (Lipinski definition) is 3. The van der Waals surface area contributed by atoms with Gasteiger partial charge in [0.2, 0.25) is 0 Å². The van der Waals surface area contributed by atoms with E-state index in [-0.39, 0.29) is 5.75 Å². The number of phenols is 1. The zero-order chi connectivity index (χ0) is 13.0. The zero-order valence-corrected chi connectivity index (χ0v) is 12.3. The van der Waals surface area contributed by atoms with Gasteiger partial charge in [0.15, 0.2) is 5.75 Å². The van der Waals surface area contributed by atoms with Crippen molar-refractivity contribution in [3.8, 4) is 11.5 Å². The number of hydrogen-bond donors (Lipinski definition) is 1. The average molecular weight is 371 g/mol. The molecule has 0 saturated heterocycles. The second kappa shape index (κ2) is 6.02. The molecule has 1 N–H and O–H groups in total. The molecule has 18 heavy (non-hydrogen) atoms. The van der Waals surface area contributed by atoms with Gasteiger partial charge in [0, 0.05) is 0 Å². The van der Waals surface area contributed by atoms with Crippen LogP contribution in [0.3, 0.4) is 0 Å². The first kappa shape index (κ1) is 13.1. The maximum absolute atomic E-state index is 9.56. The fourth-order valence-electron chi connectivity index (χ4n) is 1.29. The molecule has 0 spiro atoms. The highest BCUT2D eigenvalue weighted by atomic mass is 79.9. The topological polar surface area (TPSA) is 41.8 Å². The molecule has 0 saturated carbocycles. The molecule has 0 radical (unpaired) electrons. The van der Waals surface area contributed by atoms with Crippen LogP contribution in [0.25, 0.3) is 0 Å². The van der Waals surface area contributed by atoms with Crippen LogP contribution in [0.2, 0.25) is 0 Å². The molecule has 0 heterocycles. The summed E-state index contributed by atoms with van der Waals surface area (Å²) in [5.74, 6) is 0.835. The molecule has 5 heteroatoms. The van der Waals surface area contributed by atoms with Gasteiger partial charge in [-0.05, 0) is 61.7 Å². The molecule has 92 valence electrons. The van der Waals surface area contributed by atoms with Gasteiger partial charge in [-0.3, -0.25) is 0 Å². The SMILES string of the molecule is Oc1c(Br)cc(/C=N/Oc2ccccc2)cc1Br. The average Bonchev–Trinajstić information content (AvgIpc) is 2.37. The van der Waals surface area contributed by atoms with E-state index >= 15 is 0 Å². The second-order valence-electron chi connectivity index (χ2n) is 3.47. The summed E-state index contributed by atoms with van der Waals surface area (Å²) in [5.41, 5.74) is 0.808. The highest BCUT2D eigenvalue weighted by Crippen LogP contribution is 2.32. The predicted molar refractivity (Wildman–Crippen MR) is 78.2 cm³/mol. The van der Waals surface area contributed by atoms with Crippen molar-refractivity contribution in [2.24, 2.45) is 5.16 Å². The Hall–Kier alpha value is -1.33. The van der Waals surface area contributed by atoms with E-state index in [0.717, 1.165) is 5.56 Å². The van der Waals surface area contributed by atoms with Crippen molar-refractivity contribution >= 4 is 38.1 Å². The van der Waals surface area contributed by atoms with Crippen LogP contribution >= 0.6 is 31.9 Å². The van der Waals surface area contributed by atoms with Gasteiger partial charge in [0.1, 0.15) is 5.75 Å². The van der Waals surface area contributed by atoms with Crippen molar-refractivity contribution in [3.63, 3.8) is 0 Å². The van der Waals surface area contributed by atoms with Crippen LogP contribution in [0.1, 0.15) is 5.56 Å². The van der Waals surface area contributed by atoms with Crippen LogP contribution < -0.4 is 4.84 Å². The molecular weight excluding hydrogens is 362 g/mol. The van der Waals surface area contributed by atoms with Gasteiger partial charge in [-0.1, -0.05) is 23.4 Å². The number of halogens is 2. The minimum Gasteiger partial charge on any atom is -0.506 e. The van der Waals surface area contributed by atoms with E-state index in [1.807, 2.05) is 30.3 Å². The summed E-state index contributed by atoms with van der Waals surface area (Å²) in [7, 11) is 0. The van der Waals surface area contributed by atoms with Gasteiger partial charge in [0.05, 0.1) is 15.2 Å². The molecule has 0 aliphatic carbocycles. The largest absolute Gasteiger partial charge is 0.506 e. The molecule has 0 unspecified atom stereocenters. The van der Waals surface area contributed by atoms with Crippen molar-refractivity contribution in [2.75, 3.05) is 0 Å². The molecule has 0 atom stereocenters. The van der Waals surface area contributed by atoms with Gasteiger partial charge in [-0.2, -0.15) is 0 Å². The number of nitrogens with zero attached hydrogens (tertiary/aromatic N) is 1. The van der Waals surface area contributed by atoms with Gasteiger partial charge < -0.3 is 9.94 Å². The van der Waals surface area contributed by atoms with Crippen LogP contribution in [0, 0.1) is 0 Å². The Labute approximate surface area is 121 Å². The molecule has 0 amide bonds. The maximum Gasteiger partial charge on any atom is 0.157 e. The molecule has 0 aliphatic rings. The van der Waals surface area contributed by atoms with Crippen molar-refractivity contribution in [2.45, 2.75) is 0 Å². The normalized spacial score (nSPS) is 10.8. The first-order valence-corrected chi connectivity index (χ1v) is 6.69. The lowest BCUT2D eigenvalue weighted by molar-refractivity contribution is 0.344. The molecule has 3 nitrogen and oxygen atoms in total. The van der Waals surface area contributed by atoms with Crippen molar-refractivity contribution in [1.82, 2.24) is 0 Å². The van der Waals surface area contributed by atoms with Crippen LogP contribution in [0.5, 0.6) is 11.5 Å². The molecule has 2 rings (SSSR count). The van der Waals surface area contributed by atoms with E-state index in [1.54, 1.807) is 18.3 Å². The lowest BCUT2D eigenvalue weighted by Gasteiger charge is -2.02. The van der Waals surface area contributed by atoms with E-state index in [9.17, 15) is 5.11 Å². The van der Waals surface area contributed by atoms with E-state index in [2.05, 4.69) is 37.0 Å². The Morgan fingerprint density at radius 1 is 1.06 bits per heavy atom. The Bertz CT molecular complexity index is 547. The summed E-state index contributed by atoms with van der Waals surface area (Å²) in [6, 6.07) is 12.8. The monoisotopic (exact) mass is 369 g/mol. The Kier molecular flexibility index (Phi) is 4.38. The van der Waals surface area contributed by atoms with Crippen molar-refractivity contribution in [1.29, 1.82) is 0 Å². The molecule has 0 bridgehead atoms. The van der Waals surface area contributed by atoms with E-state index < -0.39 is 0 Å². The minimum absolute atomic E-state index is 0.163. The van der Waals surface area contributed by atoms with Crippen molar-refractivity contribution < 1.29 is 9.94 Å². The summed E-state index contributed by atoms with van der Waals surface area (Å²) in [6.07, 6.45) is 1.57. The third-order valence-corrected chi connectivity index (χ3v) is 3.35. The van der Waals surface area contributed by atoms with Crippen LogP contribution in [0.15, 0.2) is 56.6 Å². The van der Waals surface area contributed by atoms with Crippen LogP contribution in [0.4, 0.5) is 0 Å². The molecule has 0 fully saturated rings. The van der Waals surface area contributed by atoms with Gasteiger partial charge in [-0.25, -0.2) is 0 Å². The summed E-state index contributed by atoms with van der Waals surface area (Å²) in [5, 5.41) is 13.4. The molecule has 0 aliphatic heterocycles. The fraction of sp³-hybridized carbons (Fsp3) is 0. The molecular formula is C13H9Br2NO2. The molecule has 2 aromatic rings. The highest BCUT2D eigenvalue weighted by Gasteiger charge is 2.04. The number of phenolic OH excluding ortho intramolecular Hbond substituents is 1. The fourth-order valence-corrected chi connectivity index (χ4v) is 2.51. The highest BCUT2D eigenvalue weighted by molar-refractivity contribution is 9.11. The third kappa shape index (κ3) is 3.34. The Morgan fingerprint density at radius 2 is 1.67 bits per heavy atom. The lowest BCUT2D eigenvalue weighted by Crippen LogP contribution is -1.87. The van der Waals surface area contributed by atoms with Gasteiger partial charge in [-0.15, -0.1) is 0 Å². The zero-order valence-electron chi connectivity index (χ0n) is 9.18. The molecule has 2 aromatic carbocycles. The standard InChI is InChI=1S/C13H9Br2NO2/c14-11-6-9(7-12(15)13(11)17)8-16-18-10-4-2-1-3-5-10/h1-8,17H/b16-8+. The van der Waals surface area contributed by atoms with Crippen molar-refractivity contribution in [3.05, 3.63) is 57.0 Å². The van der Waals surface area contributed by atoms with E-state index in [0.29, 0.717) is 14.7 Å². The first-order chi connectivity index (χ1) is 8.66. The van der Waals surface area contributed by atoms with E-state index in [4.69, 9.17) is 4.84 Å². The van der Waals surface area contributed by atoms with Crippen LogP contribution in [-0.4, -0.2) is 11.3 Å². The quantitative estimate of drug-likeness (QED) is 0.645.